The number of ether oxygens (including phenoxy) is 1. The van der Waals surface area contributed by atoms with Gasteiger partial charge < -0.3 is 14.7 Å². The van der Waals surface area contributed by atoms with E-state index >= 15 is 0 Å². The van der Waals surface area contributed by atoms with Crippen molar-refractivity contribution in [3.63, 3.8) is 0 Å². The third-order valence-corrected chi connectivity index (χ3v) is 4.18. The van der Waals surface area contributed by atoms with Crippen molar-refractivity contribution in [2.75, 3.05) is 19.7 Å². The van der Waals surface area contributed by atoms with E-state index in [2.05, 4.69) is 20.8 Å². The summed E-state index contributed by atoms with van der Waals surface area (Å²) in [4.78, 5) is 14.7. The molecule has 0 aliphatic carbocycles. The number of benzene rings is 2. The molecule has 148 valence electrons. The zero-order chi connectivity index (χ0) is 20.6. The van der Waals surface area contributed by atoms with Crippen LogP contribution in [0.3, 0.4) is 0 Å². The Morgan fingerprint density at radius 2 is 1.79 bits per heavy atom. The minimum absolute atomic E-state index is 0.00495. The molecule has 0 heterocycles. The lowest BCUT2D eigenvalue weighted by atomic mass is 9.95. The number of rotatable bonds is 8. The Balaban J connectivity index is 2.07. The Hall–Kier alpha value is -2.84. The zero-order valence-corrected chi connectivity index (χ0v) is 16.8. The largest absolute Gasteiger partial charge is 0.479 e. The molecule has 0 radical (unpaired) electrons. The summed E-state index contributed by atoms with van der Waals surface area (Å²) in [5.41, 5.74) is 1.58. The molecule has 0 aliphatic rings. The Kier molecular flexibility index (Phi) is 7.60. The first-order valence-electron chi connectivity index (χ1n) is 9.38. The third kappa shape index (κ3) is 7.05. The van der Waals surface area contributed by atoms with Gasteiger partial charge in [-0.1, -0.05) is 63.2 Å². The van der Waals surface area contributed by atoms with E-state index < -0.39 is 6.10 Å². The number of aliphatic hydroxyl groups excluding tert-OH is 1. The first kappa shape index (κ1) is 21.5. The van der Waals surface area contributed by atoms with Gasteiger partial charge in [0.1, 0.15) is 11.8 Å². The van der Waals surface area contributed by atoms with Crippen molar-refractivity contribution in [2.45, 2.75) is 33.3 Å². The van der Waals surface area contributed by atoms with Crippen molar-refractivity contribution in [2.24, 2.45) is 5.41 Å². The second-order valence-corrected chi connectivity index (χ2v) is 8.03. The number of nitrogens with zero attached hydrogens (tertiary/aromatic N) is 2. The average molecular weight is 380 g/mol. The maximum atomic E-state index is 13.0. The molecule has 2 aromatic carbocycles. The predicted octanol–water partition coefficient (Wildman–Crippen LogP) is 3.74. The molecule has 0 aromatic heterocycles. The molecule has 5 nitrogen and oxygen atoms in total. The number of aliphatic hydroxyl groups is 1. The van der Waals surface area contributed by atoms with Crippen LogP contribution in [0, 0.1) is 16.7 Å². The minimum Gasteiger partial charge on any atom is -0.479 e. The van der Waals surface area contributed by atoms with E-state index in [0.29, 0.717) is 12.3 Å². The molecule has 0 spiro atoms. The molecule has 0 saturated carbocycles. The molecule has 0 saturated heterocycles. The van der Waals surface area contributed by atoms with E-state index in [4.69, 9.17) is 10.00 Å². The van der Waals surface area contributed by atoms with Crippen LogP contribution in [0.4, 0.5) is 0 Å². The molecule has 1 N–H and O–H groups in total. The summed E-state index contributed by atoms with van der Waals surface area (Å²) in [6.07, 6.45) is -0.481. The molecule has 1 atom stereocenters. The lowest BCUT2D eigenvalue weighted by Crippen LogP contribution is -2.41. The van der Waals surface area contributed by atoms with E-state index in [0.717, 1.165) is 11.1 Å². The van der Waals surface area contributed by atoms with E-state index in [1.54, 1.807) is 17.0 Å². The van der Waals surface area contributed by atoms with E-state index in [1.165, 1.54) is 0 Å². The lowest BCUT2D eigenvalue weighted by molar-refractivity contribution is -0.133. The molecule has 2 aromatic rings. The summed E-state index contributed by atoms with van der Waals surface area (Å²) in [6, 6.07) is 18.5. The van der Waals surface area contributed by atoms with Gasteiger partial charge in [0.25, 0.3) is 0 Å². The Bertz CT molecular complexity index is 789. The van der Waals surface area contributed by atoms with E-state index in [1.807, 2.05) is 48.5 Å². The van der Waals surface area contributed by atoms with Gasteiger partial charge >= 0.3 is 0 Å². The van der Waals surface area contributed by atoms with Gasteiger partial charge in [0, 0.05) is 6.54 Å². The molecule has 1 amide bonds. The predicted molar refractivity (Wildman–Crippen MR) is 109 cm³/mol. The molecule has 0 aliphatic heterocycles. The van der Waals surface area contributed by atoms with Crippen LogP contribution in [0.1, 0.15) is 38.0 Å². The Labute approximate surface area is 167 Å². The zero-order valence-electron chi connectivity index (χ0n) is 16.8. The highest BCUT2D eigenvalue weighted by Crippen LogP contribution is 2.21. The number of hydrogen-bond donors (Lipinski definition) is 1. The lowest BCUT2D eigenvalue weighted by Gasteiger charge is -2.32. The molecule has 1 unspecified atom stereocenters. The van der Waals surface area contributed by atoms with E-state index in [-0.39, 0.29) is 30.9 Å². The fourth-order valence-corrected chi connectivity index (χ4v) is 2.92. The molecular formula is C23H28N2O3. The van der Waals surface area contributed by atoms with Crippen molar-refractivity contribution >= 4 is 5.91 Å². The van der Waals surface area contributed by atoms with Crippen molar-refractivity contribution in [3.8, 4) is 11.8 Å². The summed E-state index contributed by atoms with van der Waals surface area (Å²) < 4.78 is 5.24. The van der Waals surface area contributed by atoms with Crippen LogP contribution in [0.2, 0.25) is 0 Å². The number of carbonyl (C=O) groups excluding carboxylic acids is 1. The standard InChI is InChI=1S/C23H28N2O3/c1-23(2,3)17-25(16-21(26)19-7-5-4-6-8-19)22(27)15-18-9-11-20(12-10-18)28-14-13-24/h4-12,21,26H,14-17H2,1-3H3. The first-order valence-corrected chi connectivity index (χ1v) is 9.38. The molecule has 2 rings (SSSR count). The summed E-state index contributed by atoms with van der Waals surface area (Å²) in [7, 11) is 0. The fourth-order valence-electron chi connectivity index (χ4n) is 2.92. The van der Waals surface area contributed by atoms with Gasteiger partial charge in [0.05, 0.1) is 19.1 Å². The second-order valence-electron chi connectivity index (χ2n) is 8.03. The molecule has 5 heteroatoms. The van der Waals surface area contributed by atoms with Crippen LogP contribution in [0.15, 0.2) is 54.6 Å². The minimum atomic E-state index is -0.728. The second kappa shape index (κ2) is 9.91. The smallest absolute Gasteiger partial charge is 0.227 e. The third-order valence-electron chi connectivity index (χ3n) is 4.18. The van der Waals surface area contributed by atoms with Gasteiger partial charge in [-0.15, -0.1) is 0 Å². The number of hydrogen-bond acceptors (Lipinski definition) is 4. The van der Waals surface area contributed by atoms with Crippen LogP contribution in [0.25, 0.3) is 0 Å². The number of amides is 1. The fraction of sp³-hybridized carbons (Fsp3) is 0.391. The topological polar surface area (TPSA) is 73.6 Å². The Morgan fingerprint density at radius 3 is 2.36 bits per heavy atom. The maximum Gasteiger partial charge on any atom is 0.227 e. The number of nitriles is 1. The van der Waals surface area contributed by atoms with Crippen LogP contribution in [0.5, 0.6) is 5.75 Å². The van der Waals surface area contributed by atoms with Crippen molar-refractivity contribution in [1.29, 1.82) is 5.26 Å². The molecule has 0 fully saturated rings. The maximum absolute atomic E-state index is 13.0. The summed E-state index contributed by atoms with van der Waals surface area (Å²) in [5, 5.41) is 19.1. The van der Waals surface area contributed by atoms with Crippen LogP contribution < -0.4 is 4.74 Å². The number of carbonyl (C=O) groups is 1. The quantitative estimate of drug-likeness (QED) is 0.757. The van der Waals surface area contributed by atoms with Gasteiger partial charge in [0.2, 0.25) is 5.91 Å². The van der Waals surface area contributed by atoms with Gasteiger partial charge in [-0.3, -0.25) is 4.79 Å². The van der Waals surface area contributed by atoms with E-state index in [9.17, 15) is 9.90 Å². The van der Waals surface area contributed by atoms with Gasteiger partial charge in [0.15, 0.2) is 6.61 Å². The highest BCUT2D eigenvalue weighted by molar-refractivity contribution is 5.79. The van der Waals surface area contributed by atoms with Gasteiger partial charge in [-0.05, 0) is 28.7 Å². The highest BCUT2D eigenvalue weighted by atomic mass is 16.5. The first-order chi connectivity index (χ1) is 13.3. The summed E-state index contributed by atoms with van der Waals surface area (Å²) in [6.45, 7) is 7.02. The highest BCUT2D eigenvalue weighted by Gasteiger charge is 2.24. The van der Waals surface area contributed by atoms with Crippen molar-refractivity contribution in [1.82, 2.24) is 4.90 Å². The summed E-state index contributed by atoms with van der Waals surface area (Å²) >= 11 is 0. The van der Waals surface area contributed by atoms with Crippen LogP contribution >= 0.6 is 0 Å². The normalized spacial score (nSPS) is 12.1. The van der Waals surface area contributed by atoms with Crippen LogP contribution in [-0.4, -0.2) is 35.6 Å². The average Bonchev–Trinajstić information content (AvgIpc) is 2.66. The molecular weight excluding hydrogens is 352 g/mol. The van der Waals surface area contributed by atoms with Crippen molar-refractivity contribution in [3.05, 3.63) is 65.7 Å². The SMILES string of the molecule is CC(C)(C)CN(CC(O)c1ccccc1)C(=O)Cc1ccc(OCC#N)cc1. The van der Waals surface area contributed by atoms with Gasteiger partial charge in [-0.25, -0.2) is 0 Å². The molecule has 28 heavy (non-hydrogen) atoms. The van der Waals surface area contributed by atoms with Crippen LogP contribution in [-0.2, 0) is 11.2 Å². The summed E-state index contributed by atoms with van der Waals surface area (Å²) in [5.74, 6) is 0.569. The molecule has 0 bridgehead atoms. The van der Waals surface area contributed by atoms with Crippen molar-refractivity contribution < 1.29 is 14.6 Å². The van der Waals surface area contributed by atoms with Gasteiger partial charge in [-0.2, -0.15) is 5.26 Å². The Morgan fingerprint density at radius 1 is 1.14 bits per heavy atom. The monoisotopic (exact) mass is 380 g/mol.